The summed E-state index contributed by atoms with van der Waals surface area (Å²) in [6.45, 7) is 0.685. The first-order chi connectivity index (χ1) is 12.2. The Morgan fingerprint density at radius 2 is 1.81 bits per heavy atom. The summed E-state index contributed by atoms with van der Waals surface area (Å²) in [5.41, 5.74) is -0.774. The van der Waals surface area contributed by atoms with Crippen LogP contribution in [0.5, 0.6) is 5.75 Å². The SMILES string of the molecule is CN(CC(=O)O)C1CCN(C(=O)COc2ccc(C(F)(F)F)cc2)CC1. The van der Waals surface area contributed by atoms with E-state index >= 15 is 0 Å². The highest BCUT2D eigenvalue weighted by Crippen LogP contribution is 2.30. The minimum Gasteiger partial charge on any atom is -0.484 e. The molecule has 1 heterocycles. The molecule has 1 aromatic carbocycles. The zero-order valence-electron chi connectivity index (χ0n) is 14.3. The van der Waals surface area contributed by atoms with E-state index in [-0.39, 0.29) is 30.9 Å². The summed E-state index contributed by atoms with van der Waals surface area (Å²) >= 11 is 0. The van der Waals surface area contributed by atoms with Crippen molar-refractivity contribution in [1.82, 2.24) is 9.80 Å². The number of piperidine rings is 1. The van der Waals surface area contributed by atoms with E-state index in [4.69, 9.17) is 9.84 Å². The van der Waals surface area contributed by atoms with Gasteiger partial charge in [0.2, 0.25) is 0 Å². The molecule has 0 unspecified atom stereocenters. The minimum atomic E-state index is -4.41. The number of hydrogen-bond acceptors (Lipinski definition) is 4. The molecule has 0 aliphatic carbocycles. The largest absolute Gasteiger partial charge is 0.484 e. The Bertz CT molecular complexity index is 626. The van der Waals surface area contributed by atoms with Gasteiger partial charge in [-0.25, -0.2) is 0 Å². The van der Waals surface area contributed by atoms with Crippen molar-refractivity contribution in [1.29, 1.82) is 0 Å². The van der Waals surface area contributed by atoms with Crippen LogP contribution in [0.3, 0.4) is 0 Å². The van der Waals surface area contributed by atoms with Crippen molar-refractivity contribution in [2.24, 2.45) is 0 Å². The van der Waals surface area contributed by atoms with Crippen LogP contribution in [0.15, 0.2) is 24.3 Å². The van der Waals surface area contributed by atoms with Gasteiger partial charge in [-0.05, 0) is 44.2 Å². The van der Waals surface area contributed by atoms with Crippen LogP contribution in [0.25, 0.3) is 0 Å². The molecular formula is C17H21F3N2O4. The lowest BCUT2D eigenvalue weighted by Crippen LogP contribution is -2.47. The molecule has 9 heteroatoms. The Labute approximate surface area is 149 Å². The smallest absolute Gasteiger partial charge is 0.416 e. The lowest BCUT2D eigenvalue weighted by Gasteiger charge is -2.36. The van der Waals surface area contributed by atoms with Gasteiger partial charge in [0.25, 0.3) is 5.91 Å². The molecule has 6 nitrogen and oxygen atoms in total. The van der Waals surface area contributed by atoms with E-state index < -0.39 is 17.7 Å². The number of carbonyl (C=O) groups is 2. The average molecular weight is 374 g/mol. The number of carboxylic acid groups (broad SMARTS) is 1. The molecule has 1 saturated heterocycles. The van der Waals surface area contributed by atoms with Crippen molar-refractivity contribution < 1.29 is 32.6 Å². The molecule has 1 aromatic rings. The van der Waals surface area contributed by atoms with Gasteiger partial charge in [-0.2, -0.15) is 13.2 Å². The number of likely N-dealkylation sites (tertiary alicyclic amines) is 1. The number of halogens is 3. The molecule has 0 atom stereocenters. The highest BCUT2D eigenvalue weighted by Gasteiger charge is 2.30. The van der Waals surface area contributed by atoms with Gasteiger partial charge in [0.1, 0.15) is 5.75 Å². The Balaban J connectivity index is 1.78. The van der Waals surface area contributed by atoms with Crippen LogP contribution in [0, 0.1) is 0 Å². The summed E-state index contributed by atoms with van der Waals surface area (Å²) < 4.78 is 42.8. The van der Waals surface area contributed by atoms with E-state index in [1.165, 1.54) is 12.1 Å². The first kappa shape index (κ1) is 20.0. The monoisotopic (exact) mass is 374 g/mol. The molecule has 0 bridgehead atoms. The molecule has 1 aliphatic rings. The lowest BCUT2D eigenvalue weighted by atomic mass is 10.0. The molecule has 26 heavy (non-hydrogen) atoms. The fourth-order valence-electron chi connectivity index (χ4n) is 2.87. The highest BCUT2D eigenvalue weighted by atomic mass is 19.4. The second-order valence-corrected chi connectivity index (χ2v) is 6.23. The standard InChI is InChI=1S/C17H21F3N2O4/c1-21(10-16(24)25)13-6-8-22(9-7-13)15(23)11-26-14-4-2-12(3-5-14)17(18,19)20/h2-5,13H,6-11H2,1H3,(H,24,25). The summed E-state index contributed by atoms with van der Waals surface area (Å²) in [5.74, 6) is -0.942. The van der Waals surface area contributed by atoms with Gasteiger partial charge in [-0.3, -0.25) is 14.5 Å². The Hall–Kier alpha value is -2.29. The lowest BCUT2D eigenvalue weighted by molar-refractivity contribution is -0.140. The molecule has 0 aromatic heterocycles. The molecule has 0 spiro atoms. The number of aliphatic carboxylic acids is 1. The zero-order valence-corrected chi connectivity index (χ0v) is 14.3. The molecule has 0 saturated carbocycles. The number of amides is 1. The van der Waals surface area contributed by atoms with Crippen molar-refractivity contribution in [3.05, 3.63) is 29.8 Å². The van der Waals surface area contributed by atoms with Gasteiger partial charge in [0.05, 0.1) is 12.1 Å². The molecule has 2 rings (SSSR count). The third-order valence-electron chi connectivity index (χ3n) is 4.37. The number of likely N-dealkylation sites (N-methyl/N-ethyl adjacent to an activating group) is 1. The number of rotatable bonds is 6. The van der Waals surface area contributed by atoms with Crippen molar-refractivity contribution >= 4 is 11.9 Å². The molecular weight excluding hydrogens is 353 g/mol. The van der Waals surface area contributed by atoms with Gasteiger partial charge in [-0.15, -0.1) is 0 Å². The van der Waals surface area contributed by atoms with E-state index in [1.54, 1.807) is 16.8 Å². The van der Waals surface area contributed by atoms with Gasteiger partial charge in [0, 0.05) is 19.1 Å². The predicted molar refractivity (Wildman–Crippen MR) is 86.8 cm³/mol. The van der Waals surface area contributed by atoms with Crippen LogP contribution in [0.2, 0.25) is 0 Å². The first-order valence-corrected chi connectivity index (χ1v) is 8.16. The van der Waals surface area contributed by atoms with Crippen molar-refractivity contribution in [3.63, 3.8) is 0 Å². The number of carboxylic acids is 1. The third-order valence-corrected chi connectivity index (χ3v) is 4.37. The second kappa shape index (κ2) is 8.39. The normalized spacial score (nSPS) is 16.0. The molecule has 1 amide bonds. The Morgan fingerprint density at radius 1 is 1.23 bits per heavy atom. The first-order valence-electron chi connectivity index (χ1n) is 8.16. The van der Waals surface area contributed by atoms with Crippen LogP contribution in [0.1, 0.15) is 18.4 Å². The quantitative estimate of drug-likeness (QED) is 0.826. The predicted octanol–water partition coefficient (Wildman–Crippen LogP) is 2.09. The number of alkyl halides is 3. The van der Waals surface area contributed by atoms with Crippen molar-refractivity contribution in [3.8, 4) is 5.75 Å². The summed E-state index contributed by atoms with van der Waals surface area (Å²) in [5, 5.41) is 8.81. The molecule has 0 radical (unpaired) electrons. The maximum atomic E-state index is 12.5. The number of benzene rings is 1. The average Bonchev–Trinajstić information content (AvgIpc) is 2.59. The van der Waals surface area contributed by atoms with Gasteiger partial charge < -0.3 is 14.7 Å². The molecule has 1 fully saturated rings. The second-order valence-electron chi connectivity index (χ2n) is 6.23. The fourth-order valence-corrected chi connectivity index (χ4v) is 2.87. The number of nitrogens with zero attached hydrogens (tertiary/aromatic N) is 2. The number of carbonyl (C=O) groups excluding carboxylic acids is 1. The van der Waals surface area contributed by atoms with Crippen LogP contribution < -0.4 is 4.74 Å². The Morgan fingerprint density at radius 3 is 2.31 bits per heavy atom. The summed E-state index contributed by atoms with van der Waals surface area (Å²) in [4.78, 5) is 26.3. The van der Waals surface area contributed by atoms with Crippen LogP contribution in [0.4, 0.5) is 13.2 Å². The minimum absolute atomic E-state index is 0.0460. The van der Waals surface area contributed by atoms with E-state index in [2.05, 4.69) is 0 Å². The molecule has 1 aliphatic heterocycles. The zero-order chi connectivity index (χ0) is 19.3. The van der Waals surface area contributed by atoms with Crippen LogP contribution >= 0.6 is 0 Å². The van der Waals surface area contributed by atoms with Crippen LogP contribution in [-0.2, 0) is 15.8 Å². The Kier molecular flexibility index (Phi) is 6.47. The highest BCUT2D eigenvalue weighted by molar-refractivity contribution is 5.77. The van der Waals surface area contributed by atoms with Gasteiger partial charge in [0.15, 0.2) is 6.61 Å². The third kappa shape index (κ3) is 5.62. The van der Waals surface area contributed by atoms with Crippen LogP contribution in [-0.4, -0.2) is 66.1 Å². The molecule has 1 N–H and O–H groups in total. The molecule has 144 valence electrons. The summed E-state index contributed by atoms with van der Waals surface area (Å²) in [6, 6.07) is 4.28. The summed E-state index contributed by atoms with van der Waals surface area (Å²) in [7, 11) is 1.74. The van der Waals surface area contributed by atoms with E-state index in [1.807, 2.05) is 0 Å². The van der Waals surface area contributed by atoms with E-state index in [9.17, 15) is 22.8 Å². The fraction of sp³-hybridized carbons (Fsp3) is 0.529. The van der Waals surface area contributed by atoms with E-state index in [0.29, 0.717) is 25.9 Å². The van der Waals surface area contributed by atoms with E-state index in [0.717, 1.165) is 12.1 Å². The van der Waals surface area contributed by atoms with Crippen molar-refractivity contribution in [2.45, 2.75) is 25.1 Å². The topological polar surface area (TPSA) is 70.1 Å². The van der Waals surface area contributed by atoms with Gasteiger partial charge in [-0.1, -0.05) is 0 Å². The number of hydrogen-bond donors (Lipinski definition) is 1. The van der Waals surface area contributed by atoms with Gasteiger partial charge >= 0.3 is 12.1 Å². The summed E-state index contributed by atoms with van der Waals surface area (Å²) in [6.07, 6.45) is -3.09. The maximum absolute atomic E-state index is 12.5. The number of ether oxygens (including phenoxy) is 1. The maximum Gasteiger partial charge on any atom is 0.416 e. The van der Waals surface area contributed by atoms with Crippen molar-refractivity contribution in [2.75, 3.05) is 33.3 Å².